The second-order valence-corrected chi connectivity index (χ2v) is 7.36. The molecule has 2 saturated heterocycles. The molecule has 3 heterocycles. The predicted octanol–water partition coefficient (Wildman–Crippen LogP) is 3.46. The molecule has 1 aromatic heterocycles. The minimum atomic E-state index is 0.0899. The lowest BCUT2D eigenvalue weighted by Crippen LogP contribution is -2.28. The van der Waals surface area contributed by atoms with Crippen molar-refractivity contribution in [3.8, 4) is 0 Å². The van der Waals surface area contributed by atoms with Crippen LogP contribution in [-0.4, -0.2) is 34.6 Å². The molecule has 1 unspecified atom stereocenters. The van der Waals surface area contributed by atoms with E-state index in [1.54, 1.807) is 18.0 Å². The van der Waals surface area contributed by atoms with Crippen LogP contribution in [-0.2, 0) is 11.3 Å². The monoisotopic (exact) mass is 339 g/mol. The second kappa shape index (κ2) is 6.85. The molecule has 0 aliphatic carbocycles. The van der Waals surface area contributed by atoms with Gasteiger partial charge in [-0.05, 0) is 42.7 Å². The fraction of sp³-hybridized carbons (Fsp3) is 0.368. The van der Waals surface area contributed by atoms with Gasteiger partial charge in [0.2, 0.25) is 5.91 Å². The Labute approximate surface area is 146 Å². The Morgan fingerprint density at radius 1 is 1.08 bits per heavy atom. The minimum Gasteiger partial charge on any atom is -0.372 e. The number of pyridine rings is 1. The third-order valence-corrected chi connectivity index (χ3v) is 5.93. The highest BCUT2D eigenvalue weighted by Crippen LogP contribution is 2.40. The standard InChI is InChI=1S/C19H21N3OS/c23-18-14-24-19(22(18)13-16-5-1-2-10-20-16)15-6-8-17(9-7-15)21-11-3-4-12-21/h1-2,5-10,19H,3-4,11-14H2. The van der Waals surface area contributed by atoms with E-state index in [4.69, 9.17) is 0 Å². The van der Waals surface area contributed by atoms with Crippen molar-refractivity contribution in [2.24, 2.45) is 0 Å². The van der Waals surface area contributed by atoms with Gasteiger partial charge in [0, 0.05) is 25.0 Å². The molecule has 2 fully saturated rings. The molecule has 0 bridgehead atoms. The zero-order valence-electron chi connectivity index (χ0n) is 13.6. The summed E-state index contributed by atoms with van der Waals surface area (Å²) >= 11 is 1.70. The zero-order chi connectivity index (χ0) is 16.4. The molecule has 2 aliphatic heterocycles. The summed E-state index contributed by atoms with van der Waals surface area (Å²) in [5, 5.41) is 0.0899. The number of thioether (sulfide) groups is 1. The van der Waals surface area contributed by atoms with Gasteiger partial charge >= 0.3 is 0 Å². The van der Waals surface area contributed by atoms with Crippen LogP contribution < -0.4 is 4.90 Å². The maximum atomic E-state index is 12.3. The minimum absolute atomic E-state index is 0.0899. The van der Waals surface area contributed by atoms with Gasteiger partial charge in [0.1, 0.15) is 5.37 Å². The number of rotatable bonds is 4. The lowest BCUT2D eigenvalue weighted by Gasteiger charge is -2.25. The Bertz CT molecular complexity index is 698. The number of anilines is 1. The summed E-state index contributed by atoms with van der Waals surface area (Å²) < 4.78 is 0. The number of amides is 1. The van der Waals surface area contributed by atoms with Crippen LogP contribution in [0.4, 0.5) is 5.69 Å². The normalized spacial score (nSPS) is 20.8. The van der Waals surface area contributed by atoms with Crippen LogP contribution in [0.1, 0.15) is 29.5 Å². The summed E-state index contributed by atoms with van der Waals surface area (Å²) in [7, 11) is 0. The van der Waals surface area contributed by atoms with Crippen LogP contribution in [0, 0.1) is 0 Å². The molecule has 1 amide bonds. The molecule has 0 spiro atoms. The number of nitrogens with zero attached hydrogens (tertiary/aromatic N) is 3. The fourth-order valence-electron chi connectivity index (χ4n) is 3.39. The van der Waals surface area contributed by atoms with E-state index in [2.05, 4.69) is 34.1 Å². The van der Waals surface area contributed by atoms with Crippen molar-refractivity contribution in [2.45, 2.75) is 24.8 Å². The predicted molar refractivity (Wildman–Crippen MR) is 97.9 cm³/mol. The Balaban J connectivity index is 1.52. The molecule has 124 valence electrons. The topological polar surface area (TPSA) is 36.4 Å². The summed E-state index contributed by atoms with van der Waals surface area (Å²) in [6, 6.07) is 14.6. The average molecular weight is 339 g/mol. The SMILES string of the molecule is O=C1CSC(c2ccc(N3CCCC3)cc2)N1Cc1ccccn1. The first-order chi connectivity index (χ1) is 11.8. The van der Waals surface area contributed by atoms with Crippen LogP contribution >= 0.6 is 11.8 Å². The average Bonchev–Trinajstić information content (AvgIpc) is 3.27. The van der Waals surface area contributed by atoms with E-state index >= 15 is 0 Å². The molecule has 2 aromatic rings. The van der Waals surface area contributed by atoms with Gasteiger partial charge in [-0.3, -0.25) is 9.78 Å². The van der Waals surface area contributed by atoms with Gasteiger partial charge in [-0.25, -0.2) is 0 Å². The van der Waals surface area contributed by atoms with Crippen molar-refractivity contribution in [2.75, 3.05) is 23.7 Å². The van der Waals surface area contributed by atoms with Crippen molar-refractivity contribution in [1.29, 1.82) is 0 Å². The Morgan fingerprint density at radius 2 is 1.88 bits per heavy atom. The van der Waals surface area contributed by atoms with Crippen molar-refractivity contribution < 1.29 is 4.79 Å². The molecule has 4 nitrogen and oxygen atoms in total. The molecule has 0 N–H and O–H groups in total. The third-order valence-electron chi connectivity index (χ3n) is 4.68. The molecule has 1 aromatic carbocycles. The first-order valence-electron chi connectivity index (χ1n) is 8.47. The lowest BCUT2D eigenvalue weighted by atomic mass is 10.1. The number of hydrogen-bond acceptors (Lipinski definition) is 4. The number of carbonyl (C=O) groups is 1. The maximum Gasteiger partial charge on any atom is 0.234 e. The van der Waals surface area contributed by atoms with Crippen LogP contribution in [0.2, 0.25) is 0 Å². The van der Waals surface area contributed by atoms with E-state index in [0.717, 1.165) is 18.8 Å². The van der Waals surface area contributed by atoms with Crippen LogP contribution in [0.3, 0.4) is 0 Å². The number of carbonyl (C=O) groups excluding carboxylic acids is 1. The molecule has 24 heavy (non-hydrogen) atoms. The van der Waals surface area contributed by atoms with Crippen molar-refractivity contribution in [3.05, 3.63) is 59.9 Å². The van der Waals surface area contributed by atoms with Gasteiger partial charge in [0.05, 0.1) is 18.0 Å². The zero-order valence-corrected chi connectivity index (χ0v) is 14.4. The molecule has 5 heteroatoms. The quantitative estimate of drug-likeness (QED) is 0.855. The lowest BCUT2D eigenvalue weighted by molar-refractivity contribution is -0.128. The first-order valence-corrected chi connectivity index (χ1v) is 9.52. The molecule has 4 rings (SSSR count). The summed E-state index contributed by atoms with van der Waals surface area (Å²) in [6.45, 7) is 2.88. The van der Waals surface area contributed by atoms with E-state index < -0.39 is 0 Å². The molecular weight excluding hydrogens is 318 g/mol. The van der Waals surface area contributed by atoms with Gasteiger partial charge < -0.3 is 9.80 Å². The van der Waals surface area contributed by atoms with Crippen molar-refractivity contribution >= 4 is 23.4 Å². The number of hydrogen-bond donors (Lipinski definition) is 0. The van der Waals surface area contributed by atoms with Crippen LogP contribution in [0.15, 0.2) is 48.7 Å². The molecule has 0 saturated carbocycles. The highest BCUT2D eigenvalue weighted by atomic mass is 32.2. The van der Waals surface area contributed by atoms with E-state index in [9.17, 15) is 4.79 Å². The van der Waals surface area contributed by atoms with Crippen LogP contribution in [0.25, 0.3) is 0 Å². The second-order valence-electron chi connectivity index (χ2n) is 6.29. The Kier molecular flexibility index (Phi) is 4.43. The van der Waals surface area contributed by atoms with E-state index in [1.165, 1.54) is 24.1 Å². The highest BCUT2D eigenvalue weighted by molar-refractivity contribution is 8.00. The summed E-state index contributed by atoms with van der Waals surface area (Å²) in [4.78, 5) is 21.0. The Morgan fingerprint density at radius 3 is 2.58 bits per heavy atom. The first kappa shape index (κ1) is 15.5. The summed E-state index contributed by atoms with van der Waals surface area (Å²) in [5.74, 6) is 0.741. The maximum absolute atomic E-state index is 12.3. The van der Waals surface area contributed by atoms with Gasteiger partial charge in [-0.2, -0.15) is 0 Å². The molecule has 0 radical (unpaired) electrons. The van der Waals surface area contributed by atoms with Crippen molar-refractivity contribution in [1.82, 2.24) is 9.88 Å². The van der Waals surface area contributed by atoms with Gasteiger partial charge in [-0.1, -0.05) is 18.2 Å². The van der Waals surface area contributed by atoms with E-state index in [-0.39, 0.29) is 11.3 Å². The van der Waals surface area contributed by atoms with Crippen LogP contribution in [0.5, 0.6) is 0 Å². The van der Waals surface area contributed by atoms with Gasteiger partial charge in [0.15, 0.2) is 0 Å². The highest BCUT2D eigenvalue weighted by Gasteiger charge is 2.33. The fourth-order valence-corrected chi connectivity index (χ4v) is 4.58. The van der Waals surface area contributed by atoms with E-state index in [0.29, 0.717) is 12.3 Å². The third kappa shape index (κ3) is 3.13. The molecule has 1 atom stereocenters. The summed E-state index contributed by atoms with van der Waals surface area (Å²) in [5.41, 5.74) is 3.43. The number of benzene rings is 1. The number of aromatic nitrogens is 1. The molecular formula is C19H21N3OS. The van der Waals surface area contributed by atoms with Crippen molar-refractivity contribution in [3.63, 3.8) is 0 Å². The van der Waals surface area contributed by atoms with E-state index in [1.807, 2.05) is 23.1 Å². The van der Waals surface area contributed by atoms with Gasteiger partial charge in [-0.15, -0.1) is 11.8 Å². The smallest absolute Gasteiger partial charge is 0.234 e. The Hall–Kier alpha value is -2.01. The van der Waals surface area contributed by atoms with Gasteiger partial charge in [0.25, 0.3) is 0 Å². The molecule has 2 aliphatic rings. The largest absolute Gasteiger partial charge is 0.372 e. The summed E-state index contributed by atoms with van der Waals surface area (Å²) in [6.07, 6.45) is 4.35.